The summed E-state index contributed by atoms with van der Waals surface area (Å²) >= 11 is 0. The molecule has 2 rings (SSSR count). The SMILES string of the molecule is COC1CCN(CCCOC2CCNCC2)CC1. The maximum Gasteiger partial charge on any atom is 0.0599 e. The second-order valence-electron chi connectivity index (χ2n) is 5.45. The molecule has 0 bridgehead atoms. The van der Waals surface area contributed by atoms with Crippen LogP contribution in [-0.4, -0.2) is 63.5 Å². The van der Waals surface area contributed by atoms with Crippen LogP contribution in [0.15, 0.2) is 0 Å². The number of piperidine rings is 2. The topological polar surface area (TPSA) is 33.7 Å². The zero-order valence-corrected chi connectivity index (χ0v) is 11.7. The van der Waals surface area contributed by atoms with Crippen molar-refractivity contribution in [3.05, 3.63) is 0 Å². The van der Waals surface area contributed by atoms with Crippen molar-refractivity contribution in [1.29, 1.82) is 0 Å². The van der Waals surface area contributed by atoms with Crippen molar-refractivity contribution >= 4 is 0 Å². The van der Waals surface area contributed by atoms with Crippen LogP contribution < -0.4 is 5.32 Å². The van der Waals surface area contributed by atoms with E-state index in [0.29, 0.717) is 12.2 Å². The molecule has 0 saturated carbocycles. The molecule has 18 heavy (non-hydrogen) atoms. The largest absolute Gasteiger partial charge is 0.381 e. The molecule has 2 aliphatic rings. The average Bonchev–Trinajstić information content (AvgIpc) is 2.45. The molecule has 2 saturated heterocycles. The van der Waals surface area contributed by atoms with Crippen LogP contribution >= 0.6 is 0 Å². The van der Waals surface area contributed by atoms with E-state index in [4.69, 9.17) is 9.47 Å². The van der Waals surface area contributed by atoms with Gasteiger partial charge in [-0.1, -0.05) is 0 Å². The van der Waals surface area contributed by atoms with E-state index in [1.54, 1.807) is 0 Å². The molecule has 0 unspecified atom stereocenters. The van der Waals surface area contributed by atoms with Crippen molar-refractivity contribution in [3.63, 3.8) is 0 Å². The molecular weight excluding hydrogens is 228 g/mol. The van der Waals surface area contributed by atoms with Crippen molar-refractivity contribution in [2.75, 3.05) is 46.4 Å². The third-order valence-electron chi connectivity index (χ3n) is 4.13. The van der Waals surface area contributed by atoms with Crippen molar-refractivity contribution in [2.45, 2.75) is 44.3 Å². The molecule has 0 aromatic rings. The van der Waals surface area contributed by atoms with Gasteiger partial charge in [0.1, 0.15) is 0 Å². The van der Waals surface area contributed by atoms with Gasteiger partial charge in [-0.25, -0.2) is 0 Å². The van der Waals surface area contributed by atoms with Crippen LogP contribution in [0.4, 0.5) is 0 Å². The number of nitrogens with zero attached hydrogens (tertiary/aromatic N) is 1. The van der Waals surface area contributed by atoms with Crippen LogP contribution in [0.1, 0.15) is 32.1 Å². The Hall–Kier alpha value is -0.160. The lowest BCUT2D eigenvalue weighted by molar-refractivity contribution is 0.0178. The molecule has 2 aliphatic heterocycles. The minimum Gasteiger partial charge on any atom is -0.381 e. The fraction of sp³-hybridized carbons (Fsp3) is 1.00. The highest BCUT2D eigenvalue weighted by Crippen LogP contribution is 2.13. The van der Waals surface area contributed by atoms with E-state index < -0.39 is 0 Å². The highest BCUT2D eigenvalue weighted by atomic mass is 16.5. The lowest BCUT2D eigenvalue weighted by atomic mass is 10.1. The van der Waals surface area contributed by atoms with Gasteiger partial charge in [0.2, 0.25) is 0 Å². The molecule has 1 N–H and O–H groups in total. The molecule has 0 atom stereocenters. The summed E-state index contributed by atoms with van der Waals surface area (Å²) in [5.41, 5.74) is 0. The van der Waals surface area contributed by atoms with E-state index in [-0.39, 0.29) is 0 Å². The minimum absolute atomic E-state index is 0.493. The van der Waals surface area contributed by atoms with Crippen molar-refractivity contribution in [1.82, 2.24) is 10.2 Å². The van der Waals surface area contributed by atoms with Crippen molar-refractivity contribution in [2.24, 2.45) is 0 Å². The van der Waals surface area contributed by atoms with Gasteiger partial charge in [0.15, 0.2) is 0 Å². The predicted molar refractivity (Wildman–Crippen MR) is 72.9 cm³/mol. The van der Waals surface area contributed by atoms with Gasteiger partial charge in [0.25, 0.3) is 0 Å². The number of hydrogen-bond acceptors (Lipinski definition) is 4. The summed E-state index contributed by atoms with van der Waals surface area (Å²) in [6.45, 7) is 6.72. The van der Waals surface area contributed by atoms with Crippen LogP contribution in [0.25, 0.3) is 0 Å². The first kappa shape index (κ1) is 14.3. The first-order valence-corrected chi connectivity index (χ1v) is 7.46. The summed E-state index contributed by atoms with van der Waals surface area (Å²) in [4.78, 5) is 2.54. The fourth-order valence-electron chi connectivity index (χ4n) is 2.87. The van der Waals surface area contributed by atoms with E-state index >= 15 is 0 Å². The van der Waals surface area contributed by atoms with Gasteiger partial charge in [-0.3, -0.25) is 0 Å². The Labute approximate surface area is 111 Å². The predicted octanol–water partition coefficient (Wildman–Crippen LogP) is 1.26. The molecular formula is C14H28N2O2. The molecule has 0 aliphatic carbocycles. The van der Waals surface area contributed by atoms with E-state index in [2.05, 4.69) is 10.2 Å². The second-order valence-corrected chi connectivity index (χ2v) is 5.45. The molecule has 4 heteroatoms. The first-order valence-electron chi connectivity index (χ1n) is 7.46. The van der Waals surface area contributed by atoms with Gasteiger partial charge in [-0.05, 0) is 45.2 Å². The van der Waals surface area contributed by atoms with Crippen LogP contribution in [0.3, 0.4) is 0 Å². The Balaban J connectivity index is 1.48. The zero-order chi connectivity index (χ0) is 12.6. The monoisotopic (exact) mass is 256 g/mol. The molecule has 2 heterocycles. The van der Waals surface area contributed by atoms with Crippen LogP contribution in [-0.2, 0) is 9.47 Å². The normalized spacial score (nSPS) is 24.5. The third-order valence-corrected chi connectivity index (χ3v) is 4.13. The summed E-state index contributed by atoms with van der Waals surface area (Å²) in [5, 5.41) is 3.37. The Bertz CT molecular complexity index is 212. The molecule has 106 valence electrons. The molecule has 0 radical (unpaired) electrons. The first-order chi connectivity index (χ1) is 8.88. The fourth-order valence-corrected chi connectivity index (χ4v) is 2.87. The molecule has 0 amide bonds. The number of methoxy groups -OCH3 is 1. The van der Waals surface area contributed by atoms with E-state index in [0.717, 1.165) is 19.7 Å². The van der Waals surface area contributed by atoms with Gasteiger partial charge in [-0.15, -0.1) is 0 Å². The number of nitrogens with one attached hydrogen (secondary N) is 1. The minimum atomic E-state index is 0.493. The lowest BCUT2D eigenvalue weighted by Gasteiger charge is -2.31. The number of ether oxygens (including phenoxy) is 2. The molecule has 0 aromatic heterocycles. The molecule has 0 aromatic carbocycles. The summed E-state index contributed by atoms with van der Waals surface area (Å²) in [6.07, 6.45) is 6.90. The maximum absolute atomic E-state index is 5.92. The molecule has 0 spiro atoms. The van der Waals surface area contributed by atoms with Crippen LogP contribution in [0, 0.1) is 0 Å². The van der Waals surface area contributed by atoms with Gasteiger partial charge in [0.05, 0.1) is 12.2 Å². The van der Waals surface area contributed by atoms with Gasteiger partial charge in [-0.2, -0.15) is 0 Å². The second kappa shape index (κ2) is 8.10. The van der Waals surface area contributed by atoms with Crippen LogP contribution in [0.2, 0.25) is 0 Å². The quantitative estimate of drug-likeness (QED) is 0.725. The lowest BCUT2D eigenvalue weighted by Crippen LogP contribution is -2.37. The summed E-state index contributed by atoms with van der Waals surface area (Å²) in [6, 6.07) is 0. The Morgan fingerprint density at radius 1 is 1.06 bits per heavy atom. The van der Waals surface area contributed by atoms with Gasteiger partial charge >= 0.3 is 0 Å². The van der Waals surface area contributed by atoms with E-state index in [9.17, 15) is 0 Å². The van der Waals surface area contributed by atoms with E-state index in [1.807, 2.05) is 7.11 Å². The van der Waals surface area contributed by atoms with Gasteiger partial charge < -0.3 is 19.7 Å². The zero-order valence-electron chi connectivity index (χ0n) is 11.7. The number of rotatable bonds is 6. The van der Waals surface area contributed by atoms with Crippen molar-refractivity contribution < 1.29 is 9.47 Å². The highest BCUT2D eigenvalue weighted by molar-refractivity contribution is 4.72. The standard InChI is InChI=1S/C14H28N2O2/c1-17-13-5-10-16(11-6-13)9-2-12-18-14-3-7-15-8-4-14/h13-15H,2-12H2,1H3. The molecule has 4 nitrogen and oxygen atoms in total. The van der Waals surface area contributed by atoms with Crippen molar-refractivity contribution in [3.8, 4) is 0 Å². The Morgan fingerprint density at radius 2 is 1.78 bits per heavy atom. The third kappa shape index (κ3) is 4.84. The average molecular weight is 256 g/mol. The Morgan fingerprint density at radius 3 is 2.44 bits per heavy atom. The number of hydrogen-bond donors (Lipinski definition) is 1. The van der Waals surface area contributed by atoms with Crippen LogP contribution in [0.5, 0.6) is 0 Å². The summed E-state index contributed by atoms with van der Waals surface area (Å²) in [5.74, 6) is 0. The summed E-state index contributed by atoms with van der Waals surface area (Å²) < 4.78 is 11.3. The maximum atomic E-state index is 5.92. The van der Waals surface area contributed by atoms with Gasteiger partial charge in [0, 0.05) is 33.4 Å². The Kier molecular flexibility index (Phi) is 6.41. The molecule has 2 fully saturated rings. The number of likely N-dealkylation sites (tertiary alicyclic amines) is 1. The van der Waals surface area contributed by atoms with E-state index in [1.165, 1.54) is 51.7 Å². The highest BCUT2D eigenvalue weighted by Gasteiger charge is 2.18. The smallest absolute Gasteiger partial charge is 0.0599 e. The summed E-state index contributed by atoms with van der Waals surface area (Å²) in [7, 11) is 1.83.